The Bertz CT molecular complexity index is 509. The molecule has 1 saturated heterocycles. The van der Waals surface area contributed by atoms with Gasteiger partial charge in [0.15, 0.2) is 0 Å². The average Bonchev–Trinajstić information content (AvgIpc) is 2.51. The minimum absolute atomic E-state index is 0.175. The molecule has 0 atom stereocenters. The minimum Gasteiger partial charge on any atom is -0.369 e. The van der Waals surface area contributed by atoms with Crippen LogP contribution in [0.2, 0.25) is 5.02 Å². The first-order chi connectivity index (χ1) is 10.2. The molecular formula is C15H25ClN4O. The number of aromatic nitrogens is 2. The summed E-state index contributed by atoms with van der Waals surface area (Å²) in [6.07, 6.45) is 4.87. The summed E-state index contributed by atoms with van der Waals surface area (Å²) >= 11 is 6.26. The topological polar surface area (TPSA) is 50.2 Å². The molecule has 0 spiro atoms. The van der Waals surface area contributed by atoms with Crippen molar-refractivity contribution in [3.8, 4) is 0 Å². The first-order valence-corrected chi connectivity index (χ1v) is 8.26. The first-order valence-electron chi connectivity index (χ1n) is 7.88. The lowest BCUT2D eigenvalue weighted by Gasteiger charge is -2.33. The number of hydrogen-bond acceptors (Lipinski definition) is 4. The second kappa shape index (κ2) is 7.80. The third-order valence-electron chi connectivity index (χ3n) is 4.04. The molecule has 118 valence electrons. The quantitative estimate of drug-likeness (QED) is 0.874. The van der Waals surface area contributed by atoms with E-state index in [4.69, 9.17) is 11.6 Å². The molecule has 0 amide bonds. The van der Waals surface area contributed by atoms with Crippen molar-refractivity contribution >= 4 is 17.3 Å². The molecule has 0 bridgehead atoms. The van der Waals surface area contributed by atoms with Gasteiger partial charge in [-0.05, 0) is 38.3 Å². The number of rotatable bonds is 6. The summed E-state index contributed by atoms with van der Waals surface area (Å²) in [6.45, 7) is 8.74. The number of hydrogen-bond donors (Lipinski definition) is 1. The smallest absolute Gasteiger partial charge is 0.287 e. The molecule has 1 aliphatic rings. The molecule has 0 aromatic carbocycles. The van der Waals surface area contributed by atoms with Gasteiger partial charge in [-0.15, -0.1) is 0 Å². The van der Waals surface area contributed by atoms with Crippen molar-refractivity contribution in [2.45, 2.75) is 39.7 Å². The third kappa shape index (κ3) is 3.98. The van der Waals surface area contributed by atoms with Gasteiger partial charge in [0.05, 0.1) is 11.9 Å². The van der Waals surface area contributed by atoms with Crippen LogP contribution in [0.25, 0.3) is 0 Å². The van der Waals surface area contributed by atoms with E-state index in [-0.39, 0.29) is 5.56 Å². The van der Waals surface area contributed by atoms with Crippen molar-refractivity contribution < 1.29 is 0 Å². The van der Waals surface area contributed by atoms with Gasteiger partial charge in [-0.25, -0.2) is 4.68 Å². The zero-order valence-corrected chi connectivity index (χ0v) is 13.7. The van der Waals surface area contributed by atoms with Gasteiger partial charge < -0.3 is 10.2 Å². The molecule has 1 fully saturated rings. The van der Waals surface area contributed by atoms with E-state index in [9.17, 15) is 4.79 Å². The van der Waals surface area contributed by atoms with Crippen molar-refractivity contribution in [1.29, 1.82) is 0 Å². The number of halogens is 1. The van der Waals surface area contributed by atoms with Crippen LogP contribution in [-0.2, 0) is 6.54 Å². The summed E-state index contributed by atoms with van der Waals surface area (Å²) in [5.74, 6) is 0.716. The second-order valence-electron chi connectivity index (χ2n) is 5.61. The Morgan fingerprint density at radius 2 is 2.10 bits per heavy atom. The summed E-state index contributed by atoms with van der Waals surface area (Å²) in [5, 5.41) is 7.95. The summed E-state index contributed by atoms with van der Waals surface area (Å²) in [4.78, 5) is 14.3. The molecule has 1 N–H and O–H groups in total. The number of piperidine rings is 1. The van der Waals surface area contributed by atoms with Gasteiger partial charge in [0, 0.05) is 19.6 Å². The molecule has 2 heterocycles. The second-order valence-corrected chi connectivity index (χ2v) is 5.99. The molecule has 1 aromatic heterocycles. The van der Waals surface area contributed by atoms with Crippen LogP contribution in [0.15, 0.2) is 11.0 Å². The van der Waals surface area contributed by atoms with Crippen molar-refractivity contribution in [3.63, 3.8) is 0 Å². The Hall–Kier alpha value is -1.07. The van der Waals surface area contributed by atoms with Crippen LogP contribution < -0.4 is 15.8 Å². The predicted molar refractivity (Wildman–Crippen MR) is 87.3 cm³/mol. The van der Waals surface area contributed by atoms with Crippen LogP contribution in [-0.4, -0.2) is 36.0 Å². The zero-order valence-electron chi connectivity index (χ0n) is 12.9. The molecule has 21 heavy (non-hydrogen) atoms. The maximum Gasteiger partial charge on any atom is 0.287 e. The summed E-state index contributed by atoms with van der Waals surface area (Å²) in [7, 11) is 0. The SMILES string of the molecule is CCCn1ncc(N2CCC(CNCC)CC2)c(Cl)c1=O. The first kappa shape index (κ1) is 16.3. The Labute approximate surface area is 131 Å². The van der Waals surface area contributed by atoms with E-state index in [2.05, 4.69) is 22.2 Å². The summed E-state index contributed by atoms with van der Waals surface area (Å²) in [6, 6.07) is 0. The standard InChI is InChI=1S/C15H25ClN4O/c1-3-7-20-15(21)14(16)13(11-18-20)19-8-5-12(6-9-19)10-17-4-2/h11-12,17H,3-10H2,1-2H3. The van der Waals surface area contributed by atoms with Crippen molar-refractivity contribution in [1.82, 2.24) is 15.1 Å². The monoisotopic (exact) mass is 312 g/mol. The van der Waals surface area contributed by atoms with Crippen LogP contribution in [0.5, 0.6) is 0 Å². The highest BCUT2D eigenvalue weighted by atomic mass is 35.5. The molecule has 0 radical (unpaired) electrons. The molecule has 0 unspecified atom stereocenters. The fourth-order valence-corrected chi connectivity index (χ4v) is 3.04. The molecular weight excluding hydrogens is 288 g/mol. The van der Waals surface area contributed by atoms with Crippen LogP contribution >= 0.6 is 11.6 Å². The Morgan fingerprint density at radius 1 is 1.38 bits per heavy atom. The number of aryl methyl sites for hydroxylation is 1. The van der Waals surface area contributed by atoms with Gasteiger partial charge in [-0.1, -0.05) is 25.4 Å². The highest BCUT2D eigenvalue weighted by Crippen LogP contribution is 2.26. The number of anilines is 1. The number of nitrogens with zero attached hydrogens (tertiary/aromatic N) is 3. The summed E-state index contributed by atoms with van der Waals surface area (Å²) < 4.78 is 1.45. The van der Waals surface area contributed by atoms with Gasteiger partial charge in [-0.2, -0.15) is 5.10 Å². The van der Waals surface area contributed by atoms with E-state index >= 15 is 0 Å². The lowest BCUT2D eigenvalue weighted by atomic mass is 9.96. The van der Waals surface area contributed by atoms with Crippen LogP contribution in [0.4, 0.5) is 5.69 Å². The van der Waals surface area contributed by atoms with Gasteiger partial charge in [0.2, 0.25) is 0 Å². The van der Waals surface area contributed by atoms with Crippen molar-refractivity contribution in [3.05, 3.63) is 21.6 Å². The normalized spacial score (nSPS) is 16.4. The molecule has 5 nitrogen and oxygen atoms in total. The fraction of sp³-hybridized carbons (Fsp3) is 0.733. The van der Waals surface area contributed by atoms with E-state index in [1.54, 1.807) is 6.20 Å². The number of nitrogens with one attached hydrogen (secondary N) is 1. The van der Waals surface area contributed by atoms with Gasteiger partial charge >= 0.3 is 0 Å². The van der Waals surface area contributed by atoms with E-state index in [0.29, 0.717) is 17.5 Å². The van der Waals surface area contributed by atoms with Gasteiger partial charge in [0.1, 0.15) is 5.02 Å². The predicted octanol–water partition coefficient (Wildman–Crippen LogP) is 2.13. The molecule has 0 aliphatic carbocycles. The Balaban J connectivity index is 2.03. The summed E-state index contributed by atoms with van der Waals surface area (Å²) in [5.41, 5.74) is 0.613. The molecule has 2 rings (SSSR count). The van der Waals surface area contributed by atoms with Crippen LogP contribution in [0.1, 0.15) is 33.1 Å². The molecule has 1 aliphatic heterocycles. The Morgan fingerprint density at radius 3 is 2.71 bits per heavy atom. The fourth-order valence-electron chi connectivity index (χ4n) is 2.77. The largest absolute Gasteiger partial charge is 0.369 e. The van der Waals surface area contributed by atoms with Gasteiger partial charge in [-0.3, -0.25) is 4.79 Å². The molecule has 0 saturated carbocycles. The van der Waals surface area contributed by atoms with Crippen LogP contribution in [0.3, 0.4) is 0 Å². The van der Waals surface area contributed by atoms with E-state index in [1.807, 2.05) is 6.92 Å². The lowest BCUT2D eigenvalue weighted by molar-refractivity contribution is 0.386. The van der Waals surface area contributed by atoms with E-state index in [1.165, 1.54) is 4.68 Å². The zero-order chi connectivity index (χ0) is 15.2. The maximum atomic E-state index is 12.2. The van der Waals surface area contributed by atoms with Crippen molar-refractivity contribution in [2.24, 2.45) is 5.92 Å². The molecule has 6 heteroatoms. The lowest BCUT2D eigenvalue weighted by Crippen LogP contribution is -2.38. The van der Waals surface area contributed by atoms with Crippen molar-refractivity contribution in [2.75, 3.05) is 31.1 Å². The van der Waals surface area contributed by atoms with E-state index < -0.39 is 0 Å². The van der Waals surface area contributed by atoms with E-state index in [0.717, 1.165) is 51.1 Å². The van der Waals surface area contributed by atoms with Gasteiger partial charge in [0.25, 0.3) is 5.56 Å². The third-order valence-corrected chi connectivity index (χ3v) is 4.40. The minimum atomic E-state index is -0.175. The average molecular weight is 313 g/mol. The highest BCUT2D eigenvalue weighted by molar-refractivity contribution is 6.33. The Kier molecular flexibility index (Phi) is 6.06. The maximum absolute atomic E-state index is 12.2. The van der Waals surface area contributed by atoms with Crippen LogP contribution in [0, 0.1) is 5.92 Å². The highest BCUT2D eigenvalue weighted by Gasteiger charge is 2.22. The molecule has 1 aromatic rings.